The summed E-state index contributed by atoms with van der Waals surface area (Å²) in [5.41, 5.74) is 4.66. The Hall–Kier alpha value is -6.52. The van der Waals surface area contributed by atoms with E-state index in [0.29, 0.717) is 63.2 Å². The first-order valence-electron chi connectivity index (χ1n) is 21.0. The highest BCUT2D eigenvalue weighted by molar-refractivity contribution is 6.01. The van der Waals surface area contributed by atoms with E-state index in [0.717, 1.165) is 46.2 Å². The number of aromatic amines is 1. The van der Waals surface area contributed by atoms with E-state index >= 15 is 0 Å². The molecule has 0 saturated carbocycles. The topological polar surface area (TPSA) is 179 Å². The second-order valence-corrected chi connectivity index (χ2v) is 16.1. The summed E-state index contributed by atoms with van der Waals surface area (Å²) < 4.78 is 24.4. The van der Waals surface area contributed by atoms with E-state index in [1.807, 2.05) is 36.4 Å². The third kappa shape index (κ3) is 14.0. The predicted octanol–water partition coefficient (Wildman–Crippen LogP) is 5.60. The molecule has 3 aromatic carbocycles. The number of nitrogens with zero attached hydrogens (tertiary/aromatic N) is 5. The van der Waals surface area contributed by atoms with E-state index in [1.54, 1.807) is 75.0 Å². The zero-order valence-electron chi connectivity index (χ0n) is 36.8. The van der Waals surface area contributed by atoms with Crippen molar-refractivity contribution in [3.63, 3.8) is 0 Å². The number of anilines is 1. The Balaban J connectivity index is 0.000000308. The van der Waals surface area contributed by atoms with Crippen LogP contribution in [0.4, 0.5) is 14.9 Å². The molecule has 0 radical (unpaired) electrons. The number of benzene rings is 3. The summed E-state index contributed by atoms with van der Waals surface area (Å²) in [5.74, 6) is -0.599. The lowest BCUT2D eigenvalue weighted by atomic mass is 10.0. The minimum atomic E-state index is -0.711. The van der Waals surface area contributed by atoms with E-state index in [2.05, 4.69) is 38.8 Å². The summed E-state index contributed by atoms with van der Waals surface area (Å²) in [6, 6.07) is 22.1. The molecule has 0 bridgehead atoms. The van der Waals surface area contributed by atoms with E-state index in [9.17, 15) is 28.4 Å². The van der Waals surface area contributed by atoms with Gasteiger partial charge < -0.3 is 29.5 Å². The Morgan fingerprint density at radius 2 is 1.68 bits per heavy atom. The number of fused-ring (bicyclic) bond motifs is 1. The van der Waals surface area contributed by atoms with E-state index in [4.69, 9.17) is 9.47 Å². The Morgan fingerprint density at radius 3 is 2.38 bits per heavy atom. The summed E-state index contributed by atoms with van der Waals surface area (Å²) in [5, 5.41) is 13.9. The number of H-pyrrole nitrogens is 1. The van der Waals surface area contributed by atoms with Crippen LogP contribution < -0.4 is 16.2 Å². The standard InChI is InChI=1S/C31H44N6O6.C16H13FN2O/c1-6-23-8-7-9-24(18-23)25-19-26(34-30(41)43-31(2,3)4)28(33-20-25)29(40)35(5)15-17-42-16-10-32-21-27(39)37-13-11-36(22-38)12-14-37;1-10-8-11(6-7-14(10)17)9-15-12-4-2-3-5-13(12)16(20)19-18-15/h7-9,18-20,22,32H,6,10-17,21H2,1-5H3,(H,34,41);2-8H,9H2,1H3,(H,19,20). The van der Waals surface area contributed by atoms with Gasteiger partial charge in [-0.15, -0.1) is 0 Å². The highest BCUT2D eigenvalue weighted by Gasteiger charge is 2.23. The van der Waals surface area contributed by atoms with E-state index in [-0.39, 0.29) is 47.7 Å². The highest BCUT2D eigenvalue weighted by Crippen LogP contribution is 2.27. The number of rotatable bonds is 15. The molecule has 2 aromatic heterocycles. The Bertz CT molecular complexity index is 2430. The molecule has 3 heterocycles. The lowest BCUT2D eigenvalue weighted by Gasteiger charge is -2.32. The van der Waals surface area contributed by atoms with Gasteiger partial charge in [0.05, 0.1) is 36.5 Å². The molecule has 1 aliphatic heterocycles. The van der Waals surface area contributed by atoms with Crippen LogP contribution in [-0.2, 0) is 31.9 Å². The molecule has 63 heavy (non-hydrogen) atoms. The fourth-order valence-electron chi connectivity index (χ4n) is 6.70. The molecule has 1 saturated heterocycles. The summed E-state index contributed by atoms with van der Waals surface area (Å²) in [4.78, 5) is 70.1. The number of nitrogens with one attached hydrogen (secondary N) is 3. The molecular weight excluding hydrogens is 808 g/mol. The number of aryl methyl sites for hydroxylation is 2. The summed E-state index contributed by atoms with van der Waals surface area (Å²) in [7, 11) is 1.64. The molecule has 1 aliphatic rings. The molecule has 4 amide bonds. The van der Waals surface area contributed by atoms with Gasteiger partial charge in [-0.25, -0.2) is 19.3 Å². The maximum absolute atomic E-state index is 13.4. The molecule has 0 aliphatic carbocycles. The van der Waals surface area contributed by atoms with Crippen molar-refractivity contribution in [1.82, 2.24) is 35.2 Å². The van der Waals surface area contributed by atoms with Crippen molar-refractivity contribution in [3.8, 4) is 11.1 Å². The van der Waals surface area contributed by atoms with Gasteiger partial charge in [-0.05, 0) is 74.6 Å². The highest BCUT2D eigenvalue weighted by atomic mass is 19.1. The molecule has 0 atom stereocenters. The Morgan fingerprint density at radius 1 is 0.937 bits per heavy atom. The zero-order valence-corrected chi connectivity index (χ0v) is 36.8. The SMILES string of the molecule is CCc1cccc(-c2cnc(C(=O)N(C)CCOCCNCC(=O)N3CCN(C=O)CC3)c(NC(=O)OC(C)(C)C)c2)c1.Cc1cc(Cc2n[nH]c(=O)c3ccccc23)ccc1F. The largest absolute Gasteiger partial charge is 0.444 e. The summed E-state index contributed by atoms with van der Waals surface area (Å²) in [6.07, 6.45) is 3.19. The monoisotopic (exact) mass is 864 g/mol. The second kappa shape index (κ2) is 22.5. The molecule has 6 rings (SSSR count). The molecule has 1 fully saturated rings. The van der Waals surface area contributed by atoms with Crippen molar-refractivity contribution in [3.05, 3.63) is 123 Å². The molecule has 3 N–H and O–H groups in total. The van der Waals surface area contributed by atoms with Gasteiger partial charge in [0, 0.05) is 69.9 Å². The predicted molar refractivity (Wildman–Crippen MR) is 240 cm³/mol. The van der Waals surface area contributed by atoms with Crippen LogP contribution in [0.3, 0.4) is 0 Å². The van der Waals surface area contributed by atoms with Crippen molar-refractivity contribution < 1.29 is 33.0 Å². The number of pyridine rings is 1. The van der Waals surface area contributed by atoms with Crippen molar-refractivity contribution in [2.45, 2.75) is 53.1 Å². The van der Waals surface area contributed by atoms with E-state index < -0.39 is 11.7 Å². The van der Waals surface area contributed by atoms with Gasteiger partial charge >= 0.3 is 6.09 Å². The zero-order chi connectivity index (χ0) is 45.5. The van der Waals surface area contributed by atoms with Crippen molar-refractivity contribution in [2.24, 2.45) is 0 Å². The number of carbonyl (C=O) groups excluding carboxylic acids is 4. The minimum Gasteiger partial charge on any atom is -0.444 e. The lowest BCUT2D eigenvalue weighted by molar-refractivity contribution is -0.134. The first-order chi connectivity index (χ1) is 30.1. The smallest absolute Gasteiger partial charge is 0.412 e. The maximum Gasteiger partial charge on any atom is 0.412 e. The average Bonchev–Trinajstić information content (AvgIpc) is 3.27. The van der Waals surface area contributed by atoms with Gasteiger partial charge in [0.15, 0.2) is 5.69 Å². The van der Waals surface area contributed by atoms with Crippen molar-refractivity contribution in [2.75, 3.05) is 71.4 Å². The van der Waals surface area contributed by atoms with Crippen LogP contribution in [0.2, 0.25) is 0 Å². The van der Waals surface area contributed by atoms with Crippen molar-refractivity contribution >= 4 is 40.8 Å². The number of likely N-dealkylation sites (N-methyl/N-ethyl adjacent to an activating group) is 1. The Labute approximate surface area is 367 Å². The van der Waals surface area contributed by atoms with Crippen molar-refractivity contribution in [1.29, 1.82) is 0 Å². The van der Waals surface area contributed by atoms with Crippen LogP contribution in [0.5, 0.6) is 0 Å². The molecule has 334 valence electrons. The number of carbonyl (C=O) groups is 4. The van der Waals surface area contributed by atoms with Crippen LogP contribution in [0.15, 0.2) is 83.8 Å². The molecular formula is C47H57FN8O7. The third-order valence-electron chi connectivity index (χ3n) is 10.2. The van der Waals surface area contributed by atoms with E-state index in [1.165, 1.54) is 11.0 Å². The van der Waals surface area contributed by atoms with Crippen LogP contribution in [0, 0.1) is 12.7 Å². The van der Waals surface area contributed by atoms with Gasteiger partial charge in [-0.2, -0.15) is 5.10 Å². The fourth-order valence-corrected chi connectivity index (χ4v) is 6.70. The fraction of sp³-hybridized carbons (Fsp3) is 0.383. The quantitative estimate of drug-likeness (QED) is 0.0887. The van der Waals surface area contributed by atoms with Crippen LogP contribution >= 0.6 is 0 Å². The number of ether oxygens (including phenoxy) is 2. The van der Waals surface area contributed by atoms with Crippen LogP contribution in [0.25, 0.3) is 21.9 Å². The lowest BCUT2D eigenvalue weighted by Crippen LogP contribution is -2.50. The summed E-state index contributed by atoms with van der Waals surface area (Å²) in [6.45, 7) is 12.9. The first kappa shape index (κ1) is 47.5. The molecule has 15 nitrogen and oxygen atoms in total. The number of amides is 4. The maximum atomic E-state index is 13.4. The van der Waals surface area contributed by atoms with Gasteiger partial charge in [-0.1, -0.05) is 61.5 Å². The van der Waals surface area contributed by atoms with Gasteiger partial charge in [0.25, 0.3) is 11.5 Å². The van der Waals surface area contributed by atoms with Gasteiger partial charge in [-0.3, -0.25) is 24.5 Å². The number of hydrogen-bond donors (Lipinski definition) is 3. The number of aromatic nitrogens is 3. The third-order valence-corrected chi connectivity index (χ3v) is 10.2. The normalized spacial score (nSPS) is 12.6. The minimum absolute atomic E-state index is 0.0109. The first-order valence-corrected chi connectivity index (χ1v) is 21.0. The van der Waals surface area contributed by atoms with Gasteiger partial charge in [0.1, 0.15) is 11.4 Å². The van der Waals surface area contributed by atoms with Crippen LogP contribution in [-0.4, -0.2) is 126 Å². The second-order valence-electron chi connectivity index (χ2n) is 16.1. The number of halogens is 1. The molecule has 0 spiro atoms. The number of piperazine rings is 1. The Kier molecular flexibility index (Phi) is 17.0. The molecule has 5 aromatic rings. The summed E-state index contributed by atoms with van der Waals surface area (Å²) >= 11 is 0. The number of hydrogen-bond acceptors (Lipinski definition) is 10. The van der Waals surface area contributed by atoms with Gasteiger partial charge in [0.2, 0.25) is 12.3 Å². The van der Waals surface area contributed by atoms with Crippen LogP contribution in [0.1, 0.15) is 60.6 Å². The molecule has 16 heteroatoms. The molecule has 0 unspecified atom stereocenters. The average molecular weight is 865 g/mol.